The average Bonchev–Trinajstić information content (AvgIpc) is 2.32. The van der Waals surface area contributed by atoms with Crippen LogP contribution in [-0.2, 0) is 6.54 Å². The average molecular weight is 342 g/mol. The first-order valence-corrected chi connectivity index (χ1v) is 6.15. The van der Waals surface area contributed by atoms with E-state index in [0.29, 0.717) is 15.9 Å². The van der Waals surface area contributed by atoms with Gasteiger partial charge < -0.3 is 5.11 Å². The Balaban J connectivity index is 2.39. The molecule has 2 aromatic rings. The van der Waals surface area contributed by atoms with E-state index in [1.807, 2.05) is 22.6 Å². The second kappa shape index (κ2) is 4.87. The number of benzene rings is 1. The minimum absolute atomic E-state index is 0.0359. The summed E-state index contributed by atoms with van der Waals surface area (Å²) < 4.78 is 2.22. The van der Waals surface area contributed by atoms with Gasteiger partial charge in [-0.15, -0.1) is 0 Å². The van der Waals surface area contributed by atoms with Gasteiger partial charge >= 0.3 is 0 Å². The van der Waals surface area contributed by atoms with Crippen molar-refractivity contribution >= 4 is 22.6 Å². The first kappa shape index (κ1) is 12.1. The van der Waals surface area contributed by atoms with Gasteiger partial charge in [-0.05, 0) is 47.2 Å². The van der Waals surface area contributed by atoms with E-state index in [1.165, 1.54) is 0 Å². The summed E-state index contributed by atoms with van der Waals surface area (Å²) in [6.45, 7) is 2.27. The number of aryl methyl sites for hydroxylation is 1. The highest BCUT2D eigenvalue weighted by atomic mass is 127. The number of phenolic OH excluding ortho intramolecular Hbond substituents is 1. The Kier molecular flexibility index (Phi) is 3.46. The van der Waals surface area contributed by atoms with Crippen LogP contribution in [0.25, 0.3) is 0 Å². The van der Waals surface area contributed by atoms with Crippen molar-refractivity contribution in [2.24, 2.45) is 0 Å². The highest BCUT2D eigenvalue weighted by Gasteiger charge is 2.05. The predicted molar refractivity (Wildman–Crippen MR) is 73.2 cm³/mol. The van der Waals surface area contributed by atoms with Crippen LogP contribution in [0.15, 0.2) is 35.3 Å². The molecular weight excluding hydrogens is 331 g/mol. The number of nitrogens with zero attached hydrogens (tertiary/aromatic N) is 2. The van der Waals surface area contributed by atoms with Gasteiger partial charge in [-0.1, -0.05) is 12.1 Å². The number of aromatic nitrogens is 2. The summed E-state index contributed by atoms with van der Waals surface area (Å²) in [6.07, 6.45) is 1.57. The zero-order valence-corrected chi connectivity index (χ0v) is 11.4. The van der Waals surface area contributed by atoms with Gasteiger partial charge in [-0.3, -0.25) is 9.36 Å². The summed E-state index contributed by atoms with van der Waals surface area (Å²) in [5, 5.41) is 9.19. The van der Waals surface area contributed by atoms with Crippen molar-refractivity contribution in [3.8, 4) is 5.75 Å². The monoisotopic (exact) mass is 342 g/mol. The summed E-state index contributed by atoms with van der Waals surface area (Å²) in [5.74, 6) is 0.905. The Hall–Kier alpha value is -1.37. The molecule has 0 aliphatic carbocycles. The lowest BCUT2D eigenvalue weighted by atomic mass is 10.2. The van der Waals surface area contributed by atoms with Crippen molar-refractivity contribution in [3.63, 3.8) is 0 Å². The first-order valence-electron chi connectivity index (χ1n) is 5.08. The van der Waals surface area contributed by atoms with Gasteiger partial charge in [0.2, 0.25) is 0 Å². The quantitative estimate of drug-likeness (QED) is 0.849. The largest absolute Gasteiger partial charge is 0.508 e. The van der Waals surface area contributed by atoms with Crippen molar-refractivity contribution in [1.29, 1.82) is 0 Å². The van der Waals surface area contributed by atoms with Crippen LogP contribution >= 0.6 is 22.6 Å². The number of phenols is 1. The van der Waals surface area contributed by atoms with Gasteiger partial charge in [-0.25, -0.2) is 4.98 Å². The molecule has 0 saturated heterocycles. The lowest BCUT2D eigenvalue weighted by Gasteiger charge is -2.09. The fourth-order valence-electron chi connectivity index (χ4n) is 1.52. The molecule has 0 radical (unpaired) electrons. The molecule has 17 heavy (non-hydrogen) atoms. The molecule has 0 bridgehead atoms. The maximum absolute atomic E-state index is 11.9. The third-order valence-corrected chi connectivity index (χ3v) is 3.22. The second-order valence-electron chi connectivity index (χ2n) is 3.71. The zero-order valence-electron chi connectivity index (χ0n) is 9.22. The van der Waals surface area contributed by atoms with E-state index in [1.54, 1.807) is 42.0 Å². The normalized spacial score (nSPS) is 10.5. The van der Waals surface area contributed by atoms with Crippen LogP contribution in [-0.4, -0.2) is 14.7 Å². The molecule has 0 spiro atoms. The summed E-state index contributed by atoms with van der Waals surface area (Å²) in [4.78, 5) is 16.1. The van der Waals surface area contributed by atoms with E-state index >= 15 is 0 Å². The second-order valence-corrected chi connectivity index (χ2v) is 4.87. The topological polar surface area (TPSA) is 55.1 Å². The van der Waals surface area contributed by atoms with E-state index in [4.69, 9.17) is 0 Å². The Morgan fingerprint density at radius 3 is 2.65 bits per heavy atom. The summed E-state index contributed by atoms with van der Waals surface area (Å²) in [6, 6.07) is 6.80. The molecule has 2 rings (SSSR count). The molecule has 1 N–H and O–H groups in total. The maximum Gasteiger partial charge on any atom is 0.267 e. The van der Waals surface area contributed by atoms with E-state index in [0.717, 1.165) is 5.56 Å². The standard InChI is InChI=1S/C12H11IN2O2/c1-8-14-6-11(13)12(17)15(8)7-9-2-4-10(16)5-3-9/h2-6,16H,7H2,1H3. The Bertz CT molecular complexity index is 590. The number of halogens is 1. The van der Waals surface area contributed by atoms with Gasteiger partial charge in [0.25, 0.3) is 5.56 Å². The van der Waals surface area contributed by atoms with Gasteiger partial charge in [-0.2, -0.15) is 0 Å². The van der Waals surface area contributed by atoms with Crippen molar-refractivity contribution in [2.75, 3.05) is 0 Å². The van der Waals surface area contributed by atoms with Crippen molar-refractivity contribution in [1.82, 2.24) is 9.55 Å². The SMILES string of the molecule is Cc1ncc(I)c(=O)n1Cc1ccc(O)cc1. The van der Waals surface area contributed by atoms with Gasteiger partial charge in [0.05, 0.1) is 10.1 Å². The van der Waals surface area contributed by atoms with Crippen LogP contribution in [0.1, 0.15) is 11.4 Å². The summed E-state index contributed by atoms with van der Waals surface area (Å²) >= 11 is 1.98. The van der Waals surface area contributed by atoms with Gasteiger partial charge in [0.1, 0.15) is 11.6 Å². The van der Waals surface area contributed by atoms with E-state index in [2.05, 4.69) is 4.98 Å². The molecule has 4 nitrogen and oxygen atoms in total. The van der Waals surface area contributed by atoms with Crippen molar-refractivity contribution < 1.29 is 5.11 Å². The molecule has 5 heteroatoms. The first-order chi connectivity index (χ1) is 8.08. The molecule has 0 saturated carbocycles. The Morgan fingerprint density at radius 2 is 2.00 bits per heavy atom. The summed E-state index contributed by atoms with van der Waals surface area (Å²) in [5.41, 5.74) is 0.919. The lowest BCUT2D eigenvalue weighted by molar-refractivity contribution is 0.475. The molecule has 0 fully saturated rings. The van der Waals surface area contributed by atoms with Crippen LogP contribution in [0.2, 0.25) is 0 Å². The minimum Gasteiger partial charge on any atom is -0.508 e. The molecule has 1 aromatic heterocycles. The maximum atomic E-state index is 11.9. The van der Waals surface area contributed by atoms with Crippen LogP contribution in [0.3, 0.4) is 0 Å². The number of hydrogen-bond acceptors (Lipinski definition) is 3. The highest BCUT2D eigenvalue weighted by Crippen LogP contribution is 2.11. The Morgan fingerprint density at radius 1 is 1.35 bits per heavy atom. The zero-order chi connectivity index (χ0) is 12.4. The molecule has 0 amide bonds. The van der Waals surface area contributed by atoms with Crippen molar-refractivity contribution in [2.45, 2.75) is 13.5 Å². The predicted octanol–water partition coefficient (Wildman–Crippen LogP) is 1.91. The number of hydrogen-bond donors (Lipinski definition) is 1. The molecule has 0 unspecified atom stereocenters. The molecule has 0 aliphatic rings. The fraction of sp³-hybridized carbons (Fsp3) is 0.167. The van der Waals surface area contributed by atoms with Crippen molar-refractivity contribution in [3.05, 3.63) is 55.8 Å². The number of aromatic hydroxyl groups is 1. The molecular formula is C12H11IN2O2. The minimum atomic E-state index is -0.0359. The van der Waals surface area contributed by atoms with Crippen LogP contribution in [0, 0.1) is 10.5 Å². The summed E-state index contributed by atoms with van der Waals surface area (Å²) in [7, 11) is 0. The van der Waals surface area contributed by atoms with Crippen LogP contribution in [0.5, 0.6) is 5.75 Å². The Labute approximate surface area is 112 Å². The van der Waals surface area contributed by atoms with E-state index < -0.39 is 0 Å². The van der Waals surface area contributed by atoms with E-state index in [-0.39, 0.29) is 11.3 Å². The molecule has 0 atom stereocenters. The smallest absolute Gasteiger partial charge is 0.267 e. The number of rotatable bonds is 2. The van der Waals surface area contributed by atoms with Crippen LogP contribution in [0.4, 0.5) is 0 Å². The highest BCUT2D eigenvalue weighted by molar-refractivity contribution is 14.1. The van der Waals surface area contributed by atoms with Gasteiger partial charge in [0.15, 0.2) is 0 Å². The fourth-order valence-corrected chi connectivity index (χ4v) is 1.95. The molecule has 1 heterocycles. The lowest BCUT2D eigenvalue weighted by Crippen LogP contribution is -2.26. The molecule has 1 aromatic carbocycles. The third-order valence-electron chi connectivity index (χ3n) is 2.48. The van der Waals surface area contributed by atoms with Gasteiger partial charge in [0, 0.05) is 6.20 Å². The molecule has 0 aliphatic heterocycles. The van der Waals surface area contributed by atoms with Crippen LogP contribution < -0.4 is 5.56 Å². The van der Waals surface area contributed by atoms with E-state index in [9.17, 15) is 9.90 Å². The molecule has 88 valence electrons. The third kappa shape index (κ3) is 2.66.